The fraction of sp³-hybridized carbons (Fsp3) is 0.250. The van der Waals surface area contributed by atoms with Gasteiger partial charge < -0.3 is 4.57 Å². The molecule has 0 spiro atoms. The van der Waals surface area contributed by atoms with Gasteiger partial charge in [0.25, 0.3) is 0 Å². The van der Waals surface area contributed by atoms with Crippen molar-refractivity contribution in [2.45, 2.75) is 39.7 Å². The molecular formula is C24H25N. The van der Waals surface area contributed by atoms with Crippen LogP contribution < -0.4 is 0 Å². The van der Waals surface area contributed by atoms with Crippen LogP contribution in [0.5, 0.6) is 0 Å². The molecule has 0 unspecified atom stereocenters. The van der Waals surface area contributed by atoms with Crippen molar-refractivity contribution in [2.24, 2.45) is 0 Å². The van der Waals surface area contributed by atoms with Crippen LogP contribution in [0.15, 0.2) is 66.7 Å². The maximum Gasteiger partial charge on any atom is 0.0491 e. The van der Waals surface area contributed by atoms with E-state index in [-0.39, 0.29) is 5.41 Å². The SMILES string of the molecule is CCn1c2ccccc2c2cc(C(C)(C)c3cccc(C)c3)ccc21. The quantitative estimate of drug-likeness (QED) is 0.407. The highest BCUT2D eigenvalue weighted by Gasteiger charge is 2.24. The van der Waals surface area contributed by atoms with E-state index < -0.39 is 0 Å². The Hall–Kier alpha value is -2.54. The van der Waals surface area contributed by atoms with Gasteiger partial charge in [0.2, 0.25) is 0 Å². The zero-order valence-electron chi connectivity index (χ0n) is 15.5. The summed E-state index contributed by atoms with van der Waals surface area (Å²) >= 11 is 0. The Morgan fingerprint density at radius 2 is 1.48 bits per heavy atom. The maximum atomic E-state index is 2.41. The molecular weight excluding hydrogens is 302 g/mol. The summed E-state index contributed by atoms with van der Waals surface area (Å²) in [4.78, 5) is 0. The van der Waals surface area contributed by atoms with Crippen molar-refractivity contribution in [3.05, 3.63) is 83.4 Å². The summed E-state index contributed by atoms with van der Waals surface area (Å²) in [6.45, 7) is 10.0. The second-order valence-corrected chi connectivity index (χ2v) is 7.49. The van der Waals surface area contributed by atoms with Gasteiger partial charge in [-0.15, -0.1) is 0 Å². The molecule has 0 bridgehead atoms. The average Bonchev–Trinajstić information content (AvgIpc) is 2.94. The lowest BCUT2D eigenvalue weighted by atomic mass is 9.77. The predicted molar refractivity (Wildman–Crippen MR) is 108 cm³/mol. The Labute approximate surface area is 149 Å². The van der Waals surface area contributed by atoms with Gasteiger partial charge in [0.15, 0.2) is 0 Å². The van der Waals surface area contributed by atoms with Crippen molar-refractivity contribution < 1.29 is 0 Å². The van der Waals surface area contributed by atoms with Gasteiger partial charge in [-0.25, -0.2) is 0 Å². The predicted octanol–water partition coefficient (Wildman–Crippen LogP) is 6.45. The van der Waals surface area contributed by atoms with Crippen LogP contribution >= 0.6 is 0 Å². The van der Waals surface area contributed by atoms with Crippen LogP contribution in [0, 0.1) is 6.92 Å². The van der Waals surface area contributed by atoms with E-state index in [0.717, 1.165) is 6.54 Å². The molecule has 0 N–H and O–H groups in total. The molecule has 1 nitrogen and oxygen atoms in total. The molecule has 126 valence electrons. The number of hydrogen-bond acceptors (Lipinski definition) is 0. The minimum Gasteiger partial charge on any atom is -0.341 e. The fourth-order valence-electron chi connectivity index (χ4n) is 3.98. The van der Waals surface area contributed by atoms with Gasteiger partial charge >= 0.3 is 0 Å². The molecule has 0 saturated heterocycles. The third-order valence-electron chi connectivity index (χ3n) is 5.55. The molecule has 1 heterocycles. The zero-order chi connectivity index (χ0) is 17.6. The van der Waals surface area contributed by atoms with E-state index in [1.807, 2.05) is 0 Å². The number of aromatic nitrogens is 1. The summed E-state index contributed by atoms with van der Waals surface area (Å²) in [5.74, 6) is 0. The molecule has 1 aromatic heterocycles. The Balaban J connectivity index is 1.96. The van der Waals surface area contributed by atoms with Crippen molar-refractivity contribution in [3.63, 3.8) is 0 Å². The van der Waals surface area contributed by atoms with Gasteiger partial charge in [-0.1, -0.05) is 67.9 Å². The maximum absolute atomic E-state index is 2.41. The number of aryl methyl sites for hydroxylation is 2. The molecule has 0 aliphatic heterocycles. The lowest BCUT2D eigenvalue weighted by Crippen LogP contribution is -2.18. The monoisotopic (exact) mass is 327 g/mol. The summed E-state index contributed by atoms with van der Waals surface area (Å²) in [6.07, 6.45) is 0. The first-order valence-electron chi connectivity index (χ1n) is 9.11. The standard InChI is InChI=1S/C24H25N/c1-5-25-22-12-7-6-11-20(22)21-16-19(13-14-23(21)25)24(3,4)18-10-8-9-17(2)15-18/h6-16H,5H2,1-4H3. The minimum absolute atomic E-state index is 0.0182. The van der Waals surface area contributed by atoms with E-state index in [2.05, 4.69) is 99.0 Å². The lowest BCUT2D eigenvalue weighted by Gasteiger charge is -2.26. The van der Waals surface area contributed by atoms with Crippen LogP contribution in [-0.4, -0.2) is 4.57 Å². The van der Waals surface area contributed by atoms with E-state index >= 15 is 0 Å². The first kappa shape index (κ1) is 16.0. The highest BCUT2D eigenvalue weighted by Crippen LogP contribution is 2.36. The average molecular weight is 327 g/mol. The summed E-state index contributed by atoms with van der Waals surface area (Å²) in [7, 11) is 0. The molecule has 0 radical (unpaired) electrons. The molecule has 4 aromatic rings. The number of nitrogens with zero attached hydrogens (tertiary/aromatic N) is 1. The minimum atomic E-state index is -0.0182. The smallest absolute Gasteiger partial charge is 0.0491 e. The normalized spacial score (nSPS) is 12.2. The van der Waals surface area contributed by atoms with Crippen molar-refractivity contribution in [3.8, 4) is 0 Å². The summed E-state index contributed by atoms with van der Waals surface area (Å²) in [5, 5.41) is 2.71. The lowest BCUT2D eigenvalue weighted by molar-refractivity contribution is 0.641. The van der Waals surface area contributed by atoms with Crippen LogP contribution in [0.2, 0.25) is 0 Å². The van der Waals surface area contributed by atoms with Crippen molar-refractivity contribution >= 4 is 21.8 Å². The zero-order valence-corrected chi connectivity index (χ0v) is 15.5. The summed E-state index contributed by atoms with van der Waals surface area (Å²) in [5.41, 5.74) is 6.68. The molecule has 25 heavy (non-hydrogen) atoms. The largest absolute Gasteiger partial charge is 0.341 e. The number of hydrogen-bond donors (Lipinski definition) is 0. The summed E-state index contributed by atoms with van der Waals surface area (Å²) < 4.78 is 2.41. The Morgan fingerprint density at radius 3 is 2.24 bits per heavy atom. The van der Waals surface area contributed by atoms with Crippen LogP contribution in [0.4, 0.5) is 0 Å². The van der Waals surface area contributed by atoms with E-state index in [4.69, 9.17) is 0 Å². The molecule has 0 amide bonds. The molecule has 3 aromatic carbocycles. The molecule has 1 heteroatoms. The van der Waals surface area contributed by atoms with Gasteiger partial charge in [-0.3, -0.25) is 0 Å². The van der Waals surface area contributed by atoms with E-state index in [9.17, 15) is 0 Å². The number of fused-ring (bicyclic) bond motifs is 3. The van der Waals surface area contributed by atoms with Crippen molar-refractivity contribution in [1.29, 1.82) is 0 Å². The van der Waals surface area contributed by atoms with E-state index in [1.54, 1.807) is 0 Å². The number of benzene rings is 3. The number of para-hydroxylation sites is 1. The van der Waals surface area contributed by atoms with Gasteiger partial charge in [-0.2, -0.15) is 0 Å². The molecule has 0 aliphatic carbocycles. The molecule has 0 saturated carbocycles. The third-order valence-corrected chi connectivity index (χ3v) is 5.55. The first-order valence-corrected chi connectivity index (χ1v) is 9.11. The van der Waals surface area contributed by atoms with Gasteiger partial charge in [0, 0.05) is 33.8 Å². The molecule has 0 aliphatic rings. The van der Waals surface area contributed by atoms with E-state index in [1.165, 1.54) is 38.5 Å². The van der Waals surface area contributed by atoms with Gasteiger partial charge in [0.1, 0.15) is 0 Å². The van der Waals surface area contributed by atoms with Crippen molar-refractivity contribution in [1.82, 2.24) is 4.57 Å². The van der Waals surface area contributed by atoms with Gasteiger partial charge in [-0.05, 0) is 43.2 Å². The third kappa shape index (κ3) is 2.46. The second kappa shape index (κ2) is 5.77. The Kier molecular flexibility index (Phi) is 3.68. The highest BCUT2D eigenvalue weighted by molar-refractivity contribution is 6.08. The second-order valence-electron chi connectivity index (χ2n) is 7.49. The number of rotatable bonds is 3. The molecule has 0 fully saturated rings. The van der Waals surface area contributed by atoms with Gasteiger partial charge in [0.05, 0.1) is 0 Å². The fourth-order valence-corrected chi connectivity index (χ4v) is 3.98. The van der Waals surface area contributed by atoms with Crippen LogP contribution in [0.1, 0.15) is 37.5 Å². The molecule has 4 rings (SSSR count). The van der Waals surface area contributed by atoms with Crippen LogP contribution in [-0.2, 0) is 12.0 Å². The highest BCUT2D eigenvalue weighted by atomic mass is 15.0. The van der Waals surface area contributed by atoms with Crippen LogP contribution in [0.3, 0.4) is 0 Å². The molecule has 0 atom stereocenters. The van der Waals surface area contributed by atoms with E-state index in [0.29, 0.717) is 0 Å². The topological polar surface area (TPSA) is 4.93 Å². The Morgan fingerprint density at radius 1 is 0.760 bits per heavy atom. The summed E-state index contributed by atoms with van der Waals surface area (Å²) in [6, 6.07) is 24.6. The van der Waals surface area contributed by atoms with Crippen LogP contribution in [0.25, 0.3) is 21.8 Å². The Bertz CT molecular complexity index is 1070. The van der Waals surface area contributed by atoms with Crippen molar-refractivity contribution in [2.75, 3.05) is 0 Å². The first-order chi connectivity index (χ1) is 12.0.